The van der Waals surface area contributed by atoms with Crippen molar-refractivity contribution in [3.63, 3.8) is 0 Å². The SMILES string of the molecule is C#Cc1cnc(C)nc1N[C@@H](C)c1cc2cccc(Cl)c2c(=O)n1-c1ccccc1. The van der Waals surface area contributed by atoms with Crippen molar-refractivity contribution in [2.45, 2.75) is 19.9 Å². The molecule has 0 amide bonds. The van der Waals surface area contributed by atoms with Crippen LogP contribution in [0.3, 0.4) is 0 Å². The van der Waals surface area contributed by atoms with Crippen molar-refractivity contribution in [3.05, 3.63) is 93.3 Å². The highest BCUT2D eigenvalue weighted by Gasteiger charge is 2.19. The Labute approximate surface area is 179 Å². The second-order valence-corrected chi connectivity index (χ2v) is 7.35. The van der Waals surface area contributed by atoms with Gasteiger partial charge in [-0.05, 0) is 43.5 Å². The van der Waals surface area contributed by atoms with Gasteiger partial charge in [0.1, 0.15) is 11.6 Å². The van der Waals surface area contributed by atoms with Crippen molar-refractivity contribution >= 4 is 28.2 Å². The number of terminal acetylenes is 1. The Morgan fingerprint density at radius 1 is 1.17 bits per heavy atom. The minimum absolute atomic E-state index is 0.177. The third-order valence-corrected chi connectivity index (χ3v) is 5.22. The molecule has 4 rings (SSSR count). The molecule has 2 aromatic heterocycles. The summed E-state index contributed by atoms with van der Waals surface area (Å²) in [5, 5.41) is 5.04. The summed E-state index contributed by atoms with van der Waals surface area (Å²) in [5.41, 5.74) is 1.90. The van der Waals surface area contributed by atoms with E-state index >= 15 is 0 Å². The second kappa shape index (κ2) is 8.02. The van der Waals surface area contributed by atoms with Gasteiger partial charge in [-0.3, -0.25) is 9.36 Å². The Bertz CT molecular complexity index is 1340. The maximum Gasteiger partial charge on any atom is 0.264 e. The van der Waals surface area contributed by atoms with Gasteiger partial charge in [-0.15, -0.1) is 6.42 Å². The molecule has 1 atom stereocenters. The van der Waals surface area contributed by atoms with Crippen LogP contribution in [-0.2, 0) is 0 Å². The molecule has 6 heteroatoms. The van der Waals surface area contributed by atoms with E-state index in [2.05, 4.69) is 21.2 Å². The molecular weight excluding hydrogens is 396 g/mol. The number of fused-ring (bicyclic) bond motifs is 1. The topological polar surface area (TPSA) is 59.8 Å². The van der Waals surface area contributed by atoms with Gasteiger partial charge in [0.2, 0.25) is 0 Å². The van der Waals surface area contributed by atoms with E-state index in [1.54, 1.807) is 23.8 Å². The Balaban J connectivity index is 1.93. The number of nitrogens with one attached hydrogen (secondary N) is 1. The van der Waals surface area contributed by atoms with E-state index < -0.39 is 0 Å². The molecular formula is C24H19ClN4O. The summed E-state index contributed by atoms with van der Waals surface area (Å²) in [6, 6.07) is 16.6. The number of benzene rings is 2. The standard InChI is InChI=1S/C24H19ClN4O/c1-4-17-14-26-16(3)28-23(17)27-15(2)21-13-18-9-8-12-20(25)22(18)24(30)29(21)19-10-6-5-7-11-19/h1,5-15H,2-3H3,(H,26,27,28)/t15-/m0/s1. The zero-order valence-corrected chi connectivity index (χ0v) is 17.3. The van der Waals surface area contributed by atoms with Gasteiger partial charge < -0.3 is 5.32 Å². The van der Waals surface area contributed by atoms with Gasteiger partial charge in [-0.25, -0.2) is 9.97 Å². The monoisotopic (exact) mass is 414 g/mol. The average molecular weight is 415 g/mol. The first kappa shape index (κ1) is 19.7. The highest BCUT2D eigenvalue weighted by molar-refractivity contribution is 6.35. The molecule has 0 bridgehead atoms. The summed E-state index contributed by atoms with van der Waals surface area (Å²) in [6.07, 6.45) is 7.22. The van der Waals surface area contributed by atoms with Gasteiger partial charge in [0.15, 0.2) is 0 Å². The Morgan fingerprint density at radius 2 is 1.93 bits per heavy atom. The molecule has 4 aromatic rings. The number of halogens is 1. The lowest BCUT2D eigenvalue weighted by atomic mass is 10.1. The molecule has 0 aliphatic carbocycles. The third-order valence-electron chi connectivity index (χ3n) is 4.90. The molecule has 1 N–H and O–H groups in total. The van der Waals surface area contributed by atoms with Crippen LogP contribution in [0.1, 0.15) is 30.0 Å². The first-order valence-corrected chi connectivity index (χ1v) is 9.84. The lowest BCUT2D eigenvalue weighted by molar-refractivity contribution is 0.771. The lowest BCUT2D eigenvalue weighted by Gasteiger charge is -2.22. The number of hydrogen-bond acceptors (Lipinski definition) is 4. The predicted octanol–water partition coefficient (Wildman–Crippen LogP) is 4.90. The second-order valence-electron chi connectivity index (χ2n) is 6.94. The van der Waals surface area contributed by atoms with Crippen LogP contribution in [0, 0.1) is 19.3 Å². The van der Waals surface area contributed by atoms with Gasteiger partial charge in [-0.1, -0.05) is 47.9 Å². The van der Waals surface area contributed by atoms with Crippen molar-refractivity contribution in [2.75, 3.05) is 5.32 Å². The van der Waals surface area contributed by atoms with Crippen molar-refractivity contribution in [3.8, 4) is 18.0 Å². The zero-order valence-electron chi connectivity index (χ0n) is 16.6. The number of hydrogen-bond donors (Lipinski definition) is 1. The van der Waals surface area contributed by atoms with E-state index in [4.69, 9.17) is 18.0 Å². The normalized spacial score (nSPS) is 11.8. The number of aryl methyl sites for hydroxylation is 1. The van der Waals surface area contributed by atoms with E-state index in [0.717, 1.165) is 16.8 Å². The van der Waals surface area contributed by atoms with E-state index in [-0.39, 0.29) is 11.6 Å². The lowest BCUT2D eigenvalue weighted by Crippen LogP contribution is -2.26. The van der Waals surface area contributed by atoms with Gasteiger partial charge in [-0.2, -0.15) is 0 Å². The third kappa shape index (κ3) is 3.54. The highest BCUT2D eigenvalue weighted by atomic mass is 35.5. The first-order valence-electron chi connectivity index (χ1n) is 9.46. The first-order chi connectivity index (χ1) is 14.5. The zero-order chi connectivity index (χ0) is 21.3. The molecule has 2 aromatic carbocycles. The van der Waals surface area contributed by atoms with Crippen LogP contribution in [0.25, 0.3) is 16.5 Å². The van der Waals surface area contributed by atoms with Gasteiger partial charge >= 0.3 is 0 Å². The number of nitrogens with zero attached hydrogens (tertiary/aromatic N) is 3. The Morgan fingerprint density at radius 3 is 2.67 bits per heavy atom. The number of aromatic nitrogens is 3. The molecule has 0 spiro atoms. The Hall–Kier alpha value is -3.62. The summed E-state index contributed by atoms with van der Waals surface area (Å²) in [5.74, 6) is 3.76. The van der Waals surface area contributed by atoms with E-state index in [0.29, 0.717) is 27.6 Å². The van der Waals surface area contributed by atoms with E-state index in [1.165, 1.54) is 0 Å². The predicted molar refractivity (Wildman–Crippen MR) is 121 cm³/mol. The fourth-order valence-electron chi connectivity index (χ4n) is 3.47. The minimum Gasteiger partial charge on any atom is -0.361 e. The van der Waals surface area contributed by atoms with Crippen LogP contribution in [0.2, 0.25) is 5.02 Å². The van der Waals surface area contributed by atoms with Gasteiger partial charge in [0.25, 0.3) is 5.56 Å². The van der Waals surface area contributed by atoms with Crippen LogP contribution >= 0.6 is 11.6 Å². The molecule has 0 radical (unpaired) electrons. The molecule has 0 aliphatic rings. The molecule has 148 valence electrons. The largest absolute Gasteiger partial charge is 0.361 e. The maximum atomic E-state index is 13.5. The minimum atomic E-state index is -0.275. The van der Waals surface area contributed by atoms with Crippen LogP contribution in [0.5, 0.6) is 0 Å². The number of para-hydroxylation sites is 1. The fraction of sp³-hybridized carbons (Fsp3) is 0.125. The Kier molecular flexibility index (Phi) is 5.26. The number of anilines is 1. The number of pyridine rings is 1. The summed E-state index contributed by atoms with van der Waals surface area (Å²) in [7, 11) is 0. The molecule has 0 unspecified atom stereocenters. The van der Waals surface area contributed by atoms with Crippen molar-refractivity contribution in [1.82, 2.24) is 14.5 Å². The van der Waals surface area contributed by atoms with Crippen molar-refractivity contribution in [1.29, 1.82) is 0 Å². The highest BCUT2D eigenvalue weighted by Crippen LogP contribution is 2.27. The molecule has 5 nitrogen and oxygen atoms in total. The summed E-state index contributed by atoms with van der Waals surface area (Å²) in [6.45, 7) is 3.76. The maximum absolute atomic E-state index is 13.5. The van der Waals surface area contributed by atoms with Gasteiger partial charge in [0.05, 0.1) is 22.0 Å². The van der Waals surface area contributed by atoms with E-state index in [1.807, 2.05) is 55.5 Å². The van der Waals surface area contributed by atoms with Crippen molar-refractivity contribution in [2.24, 2.45) is 0 Å². The van der Waals surface area contributed by atoms with Crippen LogP contribution < -0.4 is 10.9 Å². The van der Waals surface area contributed by atoms with Crippen LogP contribution in [-0.4, -0.2) is 14.5 Å². The van der Waals surface area contributed by atoms with Crippen molar-refractivity contribution < 1.29 is 0 Å². The number of rotatable bonds is 4. The molecule has 30 heavy (non-hydrogen) atoms. The van der Waals surface area contributed by atoms with Crippen LogP contribution in [0.15, 0.2) is 65.6 Å². The summed E-state index contributed by atoms with van der Waals surface area (Å²) >= 11 is 6.37. The molecule has 0 aliphatic heterocycles. The fourth-order valence-corrected chi connectivity index (χ4v) is 3.73. The summed E-state index contributed by atoms with van der Waals surface area (Å²) in [4.78, 5) is 22.1. The van der Waals surface area contributed by atoms with Crippen LogP contribution in [0.4, 0.5) is 5.82 Å². The summed E-state index contributed by atoms with van der Waals surface area (Å²) < 4.78 is 1.68. The average Bonchev–Trinajstić information content (AvgIpc) is 2.74. The smallest absolute Gasteiger partial charge is 0.264 e. The van der Waals surface area contributed by atoms with E-state index in [9.17, 15) is 4.79 Å². The quantitative estimate of drug-likeness (QED) is 0.482. The molecule has 0 saturated heterocycles. The molecule has 0 saturated carbocycles. The molecule has 2 heterocycles. The molecule has 0 fully saturated rings. The van der Waals surface area contributed by atoms with Gasteiger partial charge in [0, 0.05) is 17.6 Å².